The van der Waals surface area contributed by atoms with Crippen molar-refractivity contribution in [3.63, 3.8) is 0 Å². The molecule has 1 aromatic carbocycles. The van der Waals surface area contributed by atoms with Crippen LogP contribution in [0.15, 0.2) is 35.9 Å². The molecule has 0 bridgehead atoms. The largest absolute Gasteiger partial charge is 0.367 e. The van der Waals surface area contributed by atoms with Crippen molar-refractivity contribution in [1.29, 1.82) is 0 Å². The fourth-order valence-electron chi connectivity index (χ4n) is 4.22. The van der Waals surface area contributed by atoms with Crippen molar-refractivity contribution in [2.75, 3.05) is 13.1 Å². The fourth-order valence-corrected chi connectivity index (χ4v) is 4.22. The smallest absolute Gasteiger partial charge is 0.352 e. The molecule has 2 heterocycles. The molecule has 0 radical (unpaired) electrons. The Balaban J connectivity index is 1.88. The Morgan fingerprint density at radius 2 is 1.54 bits per heavy atom. The molecule has 1 fully saturated rings. The molecule has 0 spiro atoms. The van der Waals surface area contributed by atoms with Gasteiger partial charge in [0, 0.05) is 36.1 Å². The summed E-state index contributed by atoms with van der Waals surface area (Å²) in [5, 5.41) is 3.20. The van der Waals surface area contributed by atoms with Crippen LogP contribution >= 0.6 is 0 Å². The molecule has 0 aliphatic carbocycles. The monoisotopic (exact) mass is 499 g/mol. The van der Waals surface area contributed by atoms with Gasteiger partial charge in [0.15, 0.2) is 0 Å². The van der Waals surface area contributed by atoms with Crippen LogP contribution in [0.2, 0.25) is 0 Å². The molecule has 0 unspecified atom stereocenters. The predicted octanol–water partition coefficient (Wildman–Crippen LogP) is 4.80. The first kappa shape index (κ1) is 27.4. The van der Waals surface area contributed by atoms with Gasteiger partial charge in [0.25, 0.3) is 11.8 Å². The van der Waals surface area contributed by atoms with Gasteiger partial charge in [-0.25, -0.2) is 14.8 Å². The summed E-state index contributed by atoms with van der Waals surface area (Å²) >= 11 is 0. The van der Waals surface area contributed by atoms with Crippen LogP contribution < -0.4 is 0 Å². The highest BCUT2D eigenvalue weighted by atomic mass is 16.5. The van der Waals surface area contributed by atoms with Gasteiger partial charge in [-0.15, -0.1) is 0 Å². The molecule has 192 valence electrons. The molecule has 0 atom stereocenters. The van der Waals surface area contributed by atoms with Crippen LogP contribution in [-0.4, -0.2) is 45.5 Å². The molecule has 7 nitrogen and oxygen atoms in total. The summed E-state index contributed by atoms with van der Waals surface area (Å²) in [7, 11) is 0. The van der Waals surface area contributed by atoms with E-state index in [-0.39, 0.29) is 17.4 Å². The zero-order chi connectivity index (χ0) is 26.9. The van der Waals surface area contributed by atoms with E-state index in [1.165, 1.54) is 0 Å². The van der Waals surface area contributed by atoms with Gasteiger partial charge in [0.1, 0.15) is 11.7 Å². The molecule has 1 aliphatic rings. The van der Waals surface area contributed by atoms with E-state index in [9.17, 15) is 14.4 Å². The summed E-state index contributed by atoms with van der Waals surface area (Å²) in [6.45, 7) is 10.8. The minimum atomic E-state index is -0.554. The molecular formula is C30H33N3O4. The number of hydrogen-bond donors (Lipinski definition) is 0. The number of carbonyl (C=O) groups is 3. The molecule has 0 saturated carbocycles. The van der Waals surface area contributed by atoms with Crippen molar-refractivity contribution < 1.29 is 19.1 Å². The highest BCUT2D eigenvalue weighted by Crippen LogP contribution is 2.27. The zero-order valence-electron chi connectivity index (χ0n) is 22.2. The van der Waals surface area contributed by atoms with Crippen LogP contribution in [-0.2, 0) is 14.3 Å². The van der Waals surface area contributed by atoms with Crippen LogP contribution in [0.25, 0.3) is 11.8 Å². The summed E-state index contributed by atoms with van der Waals surface area (Å²) < 4.78 is 6.92. The number of rotatable bonds is 9. The molecular weight excluding hydrogens is 466 g/mol. The first-order valence-electron chi connectivity index (χ1n) is 12.6. The van der Waals surface area contributed by atoms with Crippen LogP contribution in [0.5, 0.6) is 0 Å². The molecule has 2 aromatic rings. The third-order valence-corrected chi connectivity index (χ3v) is 6.18. The fraction of sp³-hybridized carbons (Fsp3) is 0.367. The van der Waals surface area contributed by atoms with Crippen LogP contribution in [0, 0.1) is 37.7 Å². The molecule has 1 aromatic heterocycles. The normalized spacial score (nSPS) is 12.7. The Labute approximate surface area is 219 Å². The Kier molecular flexibility index (Phi) is 9.35. The lowest BCUT2D eigenvalue weighted by atomic mass is 10.1. The van der Waals surface area contributed by atoms with Crippen molar-refractivity contribution in [3.05, 3.63) is 58.4 Å². The zero-order valence-corrected chi connectivity index (χ0v) is 22.2. The number of esters is 1. The maximum Gasteiger partial charge on any atom is 0.352 e. The van der Waals surface area contributed by atoms with E-state index in [1.54, 1.807) is 35.2 Å². The molecule has 2 amide bonds. The van der Waals surface area contributed by atoms with E-state index in [2.05, 4.69) is 37.7 Å². The van der Waals surface area contributed by atoms with Gasteiger partial charge in [0.05, 0.1) is 5.56 Å². The molecule has 3 rings (SSSR count). The lowest BCUT2D eigenvalue weighted by Gasteiger charge is -2.27. The third kappa shape index (κ3) is 6.13. The summed E-state index contributed by atoms with van der Waals surface area (Å²) in [5.41, 5.74) is 4.03. The number of aromatic nitrogens is 1. The summed E-state index contributed by atoms with van der Waals surface area (Å²) in [4.78, 5) is 38.6. The van der Waals surface area contributed by atoms with E-state index >= 15 is 0 Å². The summed E-state index contributed by atoms with van der Waals surface area (Å²) in [6.07, 6.45) is 7.54. The van der Waals surface area contributed by atoms with Crippen molar-refractivity contribution in [1.82, 2.24) is 14.6 Å². The van der Waals surface area contributed by atoms with E-state index in [1.807, 2.05) is 36.6 Å². The SMILES string of the molecule is CC#CC#COC(=O)c1ccc(-n2c(C)cc(C=C3C(=O)N(CCCC)N(CCCC)C3=O)c2C)cc1. The van der Waals surface area contributed by atoms with Crippen molar-refractivity contribution in [2.45, 2.75) is 60.3 Å². The Bertz CT molecular complexity index is 1300. The van der Waals surface area contributed by atoms with Gasteiger partial charge >= 0.3 is 5.97 Å². The first-order chi connectivity index (χ1) is 17.8. The van der Waals surface area contributed by atoms with Gasteiger partial charge in [-0.1, -0.05) is 32.6 Å². The van der Waals surface area contributed by atoms with E-state index in [0.29, 0.717) is 18.7 Å². The van der Waals surface area contributed by atoms with Gasteiger partial charge in [-0.05, 0) is 81.5 Å². The second-order valence-electron chi connectivity index (χ2n) is 8.82. The van der Waals surface area contributed by atoms with E-state index in [0.717, 1.165) is 48.3 Å². The molecule has 1 saturated heterocycles. The van der Waals surface area contributed by atoms with Gasteiger partial charge < -0.3 is 9.30 Å². The summed E-state index contributed by atoms with van der Waals surface area (Å²) in [6, 6.07) is 8.93. The lowest BCUT2D eigenvalue weighted by Crippen LogP contribution is -2.42. The second-order valence-corrected chi connectivity index (χ2v) is 8.82. The summed E-state index contributed by atoms with van der Waals surface area (Å²) in [5.74, 6) is 6.51. The van der Waals surface area contributed by atoms with Crippen molar-refractivity contribution in [3.8, 4) is 29.6 Å². The Hall–Kier alpha value is -4.23. The average Bonchev–Trinajstić information content (AvgIpc) is 3.30. The quantitative estimate of drug-likeness (QED) is 0.215. The number of nitrogens with zero attached hydrogens (tertiary/aromatic N) is 3. The first-order valence-corrected chi connectivity index (χ1v) is 12.6. The Morgan fingerprint density at radius 1 is 0.946 bits per heavy atom. The van der Waals surface area contributed by atoms with Crippen LogP contribution in [0.3, 0.4) is 0 Å². The van der Waals surface area contributed by atoms with Crippen molar-refractivity contribution in [2.24, 2.45) is 0 Å². The van der Waals surface area contributed by atoms with Gasteiger partial charge in [-0.3, -0.25) is 9.59 Å². The third-order valence-electron chi connectivity index (χ3n) is 6.18. The minimum absolute atomic E-state index is 0.194. The second kappa shape index (κ2) is 12.6. The van der Waals surface area contributed by atoms with E-state index in [4.69, 9.17) is 4.74 Å². The topological polar surface area (TPSA) is 71.8 Å². The van der Waals surface area contributed by atoms with Gasteiger partial charge in [0.2, 0.25) is 0 Å². The van der Waals surface area contributed by atoms with E-state index < -0.39 is 5.97 Å². The molecule has 1 aliphatic heterocycles. The van der Waals surface area contributed by atoms with Crippen molar-refractivity contribution >= 4 is 23.9 Å². The molecule has 7 heteroatoms. The number of hydrogen-bond acceptors (Lipinski definition) is 4. The lowest BCUT2D eigenvalue weighted by molar-refractivity contribution is -0.147. The minimum Gasteiger partial charge on any atom is -0.367 e. The number of benzene rings is 1. The maximum atomic E-state index is 13.2. The number of hydrazine groups is 1. The van der Waals surface area contributed by atoms with Gasteiger partial charge in [-0.2, -0.15) is 0 Å². The number of amides is 2. The Morgan fingerprint density at radius 3 is 2.08 bits per heavy atom. The highest BCUT2D eigenvalue weighted by molar-refractivity contribution is 6.25. The molecule has 0 N–H and O–H groups in total. The standard InChI is InChI=1S/C30H33N3O4/c1-6-9-12-19-37-30(36)24-13-15-26(16-14-24)33-22(4)20-25(23(33)5)21-27-28(34)31(17-10-7-2)32(29(27)35)18-11-8-3/h13-16,20-21H,7-8,10-11,17-18H2,1-5H3. The maximum absolute atomic E-state index is 13.2. The number of unbranched alkanes of at least 4 members (excludes halogenated alkanes) is 2. The number of ether oxygens (including phenoxy) is 1. The van der Waals surface area contributed by atoms with Crippen LogP contribution in [0.1, 0.15) is 73.8 Å². The van der Waals surface area contributed by atoms with Crippen LogP contribution in [0.4, 0.5) is 0 Å². The average molecular weight is 500 g/mol. The molecule has 37 heavy (non-hydrogen) atoms. The number of aryl methyl sites for hydroxylation is 1. The number of carbonyl (C=O) groups excluding carboxylic acids is 3. The predicted molar refractivity (Wildman–Crippen MR) is 143 cm³/mol. The highest BCUT2D eigenvalue weighted by Gasteiger charge is 2.40.